The van der Waals surface area contributed by atoms with E-state index in [1.165, 1.54) is 0 Å². The van der Waals surface area contributed by atoms with E-state index in [4.69, 9.17) is 20.9 Å². The second-order valence-corrected chi connectivity index (χ2v) is 9.04. The van der Waals surface area contributed by atoms with Gasteiger partial charge < -0.3 is 35.9 Å². The Balaban J connectivity index is 5.43. The Labute approximate surface area is 174 Å². The summed E-state index contributed by atoms with van der Waals surface area (Å²) in [6.45, 7) is -0.711. The van der Waals surface area contributed by atoms with Gasteiger partial charge in [0.2, 0.25) is 0 Å². The Bertz CT molecular complexity index is 392. The molecule has 0 unspecified atom stereocenters. The molecule has 0 aromatic rings. The highest BCUT2D eigenvalue weighted by atomic mass is 32.2. The van der Waals surface area contributed by atoms with Gasteiger partial charge in [-0.2, -0.15) is 25.3 Å². The number of carbonyl (C=O) groups is 1. The number of rotatable bonds is 12. The van der Waals surface area contributed by atoms with Crippen molar-refractivity contribution in [2.24, 2.45) is 11.5 Å². The molecular weight excluding hydrogens is 433 g/mol. The smallest absolute Gasteiger partial charge is 0.171 e. The molecule has 7 nitrogen and oxygen atoms in total. The van der Waals surface area contributed by atoms with Crippen molar-refractivity contribution in [2.75, 3.05) is 18.1 Å². The second-order valence-electron chi connectivity index (χ2n) is 4.95. The molecule has 0 aliphatic carbocycles. The number of hydrogen-bond acceptors (Lipinski definition) is 13. The molecule has 144 valence electrons. The number of aliphatic hydroxyl groups excluding tert-OH is 2. The van der Waals surface area contributed by atoms with Crippen LogP contribution in [0.25, 0.3) is 0 Å². The zero-order chi connectivity index (χ0) is 19.1. The average molecular weight is 457 g/mol. The van der Waals surface area contributed by atoms with E-state index in [1.807, 2.05) is 0 Å². The third-order valence-electron chi connectivity index (χ3n) is 3.00. The van der Waals surface area contributed by atoms with Gasteiger partial charge in [0, 0.05) is 11.5 Å². The highest BCUT2D eigenvalue weighted by Crippen LogP contribution is 2.33. The highest BCUT2D eigenvalue weighted by Gasteiger charge is 2.42. The lowest BCUT2D eigenvalue weighted by Crippen LogP contribution is -2.55. The van der Waals surface area contributed by atoms with Crippen LogP contribution in [0.5, 0.6) is 0 Å². The van der Waals surface area contributed by atoms with Crippen LogP contribution in [-0.4, -0.2) is 73.5 Å². The molecule has 0 saturated heterocycles. The minimum absolute atomic E-state index is 0.162. The summed E-state index contributed by atoms with van der Waals surface area (Å²) in [6.07, 6.45) is -3.88. The lowest BCUT2D eigenvalue weighted by molar-refractivity contribution is -0.161. The first-order valence-corrected chi connectivity index (χ1v) is 9.74. The van der Waals surface area contributed by atoms with Gasteiger partial charge in [0.25, 0.3) is 0 Å². The van der Waals surface area contributed by atoms with E-state index in [1.54, 1.807) is 0 Å². The molecule has 0 rings (SSSR count). The van der Waals surface area contributed by atoms with Crippen molar-refractivity contribution in [1.29, 1.82) is 0 Å². The Morgan fingerprint density at radius 1 is 1.00 bits per heavy atom. The van der Waals surface area contributed by atoms with Crippen molar-refractivity contribution in [3.63, 3.8) is 0 Å². The largest absolute Gasteiger partial charge is 0.394 e. The molecule has 0 amide bonds. The van der Waals surface area contributed by atoms with Crippen LogP contribution >= 0.6 is 75.8 Å². The molecule has 0 aliphatic heterocycles. The molecule has 24 heavy (non-hydrogen) atoms. The van der Waals surface area contributed by atoms with Gasteiger partial charge in [0.05, 0.1) is 18.7 Å². The lowest BCUT2D eigenvalue weighted by Gasteiger charge is -2.39. The molecular formula is C11H24N2O5S6. The summed E-state index contributed by atoms with van der Waals surface area (Å²) in [4.78, 5) is 11.5. The van der Waals surface area contributed by atoms with Crippen molar-refractivity contribution in [3.05, 3.63) is 0 Å². The lowest BCUT2D eigenvalue weighted by atomic mass is 10.1. The molecule has 0 bridgehead atoms. The topological polar surface area (TPSA) is 128 Å². The summed E-state index contributed by atoms with van der Waals surface area (Å²) >= 11 is 24.7. The van der Waals surface area contributed by atoms with Crippen molar-refractivity contribution in [3.8, 4) is 0 Å². The van der Waals surface area contributed by atoms with E-state index in [2.05, 4.69) is 75.8 Å². The van der Waals surface area contributed by atoms with E-state index in [0.717, 1.165) is 0 Å². The quantitative estimate of drug-likeness (QED) is 0.102. The van der Waals surface area contributed by atoms with E-state index in [0.29, 0.717) is 6.29 Å². The fraction of sp³-hybridized carbons (Fsp3) is 0.909. The number of hydrogen-bond donors (Lipinski definition) is 10. The van der Waals surface area contributed by atoms with Gasteiger partial charge in [-0.1, -0.05) is 0 Å². The van der Waals surface area contributed by atoms with Crippen LogP contribution < -0.4 is 11.5 Å². The third kappa shape index (κ3) is 7.64. The number of carbonyl (C=O) groups excluding carboxylic acids is 1. The summed E-state index contributed by atoms with van der Waals surface area (Å²) < 4.78 is 7.85. The predicted octanol–water partition coefficient (Wildman–Crippen LogP) is -1.15. The van der Waals surface area contributed by atoms with Gasteiger partial charge in [-0.15, -0.1) is 50.5 Å². The van der Waals surface area contributed by atoms with Crippen LogP contribution in [-0.2, 0) is 14.3 Å². The van der Waals surface area contributed by atoms with Gasteiger partial charge in [0.15, 0.2) is 14.8 Å². The molecule has 0 heterocycles. The summed E-state index contributed by atoms with van der Waals surface area (Å²) in [6, 6.07) is -1.51. The maximum atomic E-state index is 11.5. The summed E-state index contributed by atoms with van der Waals surface area (Å²) in [7, 11) is 0. The summed E-state index contributed by atoms with van der Waals surface area (Å²) in [5.41, 5.74) is 11.6. The van der Waals surface area contributed by atoms with Crippen LogP contribution in [0.4, 0.5) is 0 Å². The minimum Gasteiger partial charge on any atom is -0.394 e. The fourth-order valence-corrected chi connectivity index (χ4v) is 3.40. The first-order chi connectivity index (χ1) is 11.0. The van der Waals surface area contributed by atoms with Crippen LogP contribution in [0.15, 0.2) is 0 Å². The first kappa shape index (κ1) is 25.5. The molecule has 0 saturated carbocycles. The van der Waals surface area contributed by atoms with Crippen LogP contribution in [0.2, 0.25) is 0 Å². The second kappa shape index (κ2) is 11.4. The zero-order valence-corrected chi connectivity index (χ0v) is 17.9. The van der Waals surface area contributed by atoms with Gasteiger partial charge in [-0.05, 0) is 0 Å². The number of aliphatic hydroxyl groups is 2. The Hall–Kier alpha value is 1.53. The van der Waals surface area contributed by atoms with E-state index in [9.17, 15) is 15.0 Å². The van der Waals surface area contributed by atoms with Gasteiger partial charge in [-0.3, -0.25) is 0 Å². The van der Waals surface area contributed by atoms with Gasteiger partial charge in [0.1, 0.15) is 18.3 Å². The van der Waals surface area contributed by atoms with Crippen LogP contribution in [0.1, 0.15) is 0 Å². The molecule has 0 spiro atoms. The van der Waals surface area contributed by atoms with Gasteiger partial charge in [-0.25, -0.2) is 0 Å². The van der Waals surface area contributed by atoms with E-state index < -0.39 is 45.5 Å². The monoisotopic (exact) mass is 456 g/mol. The Morgan fingerprint density at radius 2 is 1.42 bits per heavy atom. The zero-order valence-electron chi connectivity index (χ0n) is 12.5. The Morgan fingerprint density at radius 3 is 1.75 bits per heavy atom. The molecule has 6 N–H and O–H groups in total. The summed E-state index contributed by atoms with van der Waals surface area (Å²) in [5.74, 6) is 0.329. The van der Waals surface area contributed by atoms with Crippen LogP contribution in [0, 0.1) is 0 Å². The van der Waals surface area contributed by atoms with Crippen molar-refractivity contribution in [2.45, 2.75) is 38.9 Å². The SMILES string of the molecule is N[C@@H](CS)C(S)(S)O[C@@H]([C@H](O)CO)[C@H](C=O)OC(S)(S)[C@@H](N)CS. The predicted molar refractivity (Wildman–Crippen MR) is 114 cm³/mol. The average Bonchev–Trinajstić information content (AvgIpc) is 2.55. The molecule has 5 atom stereocenters. The molecule has 0 fully saturated rings. The normalized spacial score (nSPS) is 19.4. The number of ether oxygens (including phenoxy) is 2. The minimum atomic E-state index is -1.56. The van der Waals surface area contributed by atoms with E-state index in [-0.39, 0.29) is 11.5 Å². The molecule has 0 aromatic carbocycles. The number of nitrogens with two attached hydrogens (primary N) is 2. The molecule has 0 aliphatic rings. The van der Waals surface area contributed by atoms with E-state index >= 15 is 0 Å². The maximum absolute atomic E-state index is 11.5. The fourth-order valence-electron chi connectivity index (χ4n) is 1.45. The highest BCUT2D eigenvalue weighted by molar-refractivity contribution is 8.00. The number of thiol groups is 6. The van der Waals surface area contributed by atoms with Crippen molar-refractivity contribution >= 4 is 82.1 Å². The molecule has 0 aromatic heterocycles. The maximum Gasteiger partial charge on any atom is 0.171 e. The first-order valence-electron chi connectivity index (χ1n) is 6.69. The molecule has 13 heteroatoms. The third-order valence-corrected chi connectivity index (χ3v) is 5.54. The van der Waals surface area contributed by atoms with Crippen LogP contribution in [0.3, 0.4) is 0 Å². The standard InChI is InChI=1S/C11H24N2O5S6/c12-7(3-19)10(21,22)17-6(2-15)9(5(16)1-14)18-11(23,24)8(13)4-20/h2,5-9,14,16,19-24H,1,3-4,12-13H2/t5-,6+,7+,8+,9+/m1/s1. The summed E-state index contributed by atoms with van der Waals surface area (Å²) in [5, 5.41) is 19.2. The van der Waals surface area contributed by atoms with Crippen molar-refractivity contribution < 1.29 is 24.5 Å². The Kier molecular flexibility index (Phi) is 12.1. The number of aldehydes is 1. The van der Waals surface area contributed by atoms with Crippen molar-refractivity contribution in [1.82, 2.24) is 0 Å². The molecule has 0 radical (unpaired) electrons. The van der Waals surface area contributed by atoms with Gasteiger partial charge >= 0.3 is 0 Å².